The van der Waals surface area contributed by atoms with Gasteiger partial charge in [-0.3, -0.25) is 4.79 Å². The molecule has 0 saturated carbocycles. The Morgan fingerprint density at radius 2 is 2.50 bits per heavy atom. The summed E-state index contributed by atoms with van der Waals surface area (Å²) >= 11 is 1.68. The highest BCUT2D eigenvalue weighted by Gasteiger charge is 2.22. The molecular weight excluding hydrogens is 246 g/mol. The van der Waals surface area contributed by atoms with Gasteiger partial charge in [-0.15, -0.1) is 11.3 Å². The zero-order valence-electron chi connectivity index (χ0n) is 11.1. The number of thiazole rings is 1. The molecule has 100 valence electrons. The molecule has 0 spiro atoms. The van der Waals surface area contributed by atoms with Crippen molar-refractivity contribution in [3.8, 4) is 0 Å². The molecule has 1 N–H and O–H groups in total. The van der Waals surface area contributed by atoms with E-state index in [-0.39, 0.29) is 5.91 Å². The Morgan fingerprint density at radius 1 is 1.67 bits per heavy atom. The van der Waals surface area contributed by atoms with Crippen LogP contribution >= 0.6 is 11.3 Å². The van der Waals surface area contributed by atoms with E-state index in [4.69, 9.17) is 0 Å². The van der Waals surface area contributed by atoms with Crippen LogP contribution in [0.1, 0.15) is 30.0 Å². The van der Waals surface area contributed by atoms with E-state index in [1.165, 1.54) is 0 Å². The van der Waals surface area contributed by atoms with Crippen molar-refractivity contribution in [2.24, 2.45) is 0 Å². The first kappa shape index (κ1) is 13.5. The third kappa shape index (κ3) is 3.53. The van der Waals surface area contributed by atoms with Crippen LogP contribution in [-0.2, 0) is 11.2 Å². The molecule has 4 nitrogen and oxygen atoms in total. The van der Waals surface area contributed by atoms with Crippen molar-refractivity contribution in [3.63, 3.8) is 0 Å². The fourth-order valence-electron chi connectivity index (χ4n) is 2.29. The molecule has 0 aromatic carbocycles. The van der Waals surface area contributed by atoms with Gasteiger partial charge in [-0.05, 0) is 32.7 Å². The molecule has 1 amide bonds. The standard InChI is InChI=1S/C13H21N3OS/c1-10-15-11(9-18-10)4-3-5-13(17)16(2)12-6-7-14-8-12/h9,12,14H,3-8H2,1-2H3. The van der Waals surface area contributed by atoms with Gasteiger partial charge < -0.3 is 10.2 Å². The fourth-order valence-corrected chi connectivity index (χ4v) is 2.94. The predicted molar refractivity (Wildman–Crippen MR) is 73.8 cm³/mol. The third-order valence-electron chi connectivity index (χ3n) is 3.47. The Balaban J connectivity index is 1.71. The molecule has 1 aromatic heterocycles. The van der Waals surface area contributed by atoms with Crippen molar-refractivity contribution in [2.45, 2.75) is 38.6 Å². The number of nitrogens with zero attached hydrogens (tertiary/aromatic N) is 2. The zero-order chi connectivity index (χ0) is 13.0. The van der Waals surface area contributed by atoms with Gasteiger partial charge in [0.15, 0.2) is 0 Å². The molecule has 2 heterocycles. The largest absolute Gasteiger partial charge is 0.341 e. The number of amides is 1. The average Bonchev–Trinajstić information content (AvgIpc) is 2.99. The lowest BCUT2D eigenvalue weighted by Gasteiger charge is -2.23. The van der Waals surface area contributed by atoms with E-state index in [9.17, 15) is 4.79 Å². The van der Waals surface area contributed by atoms with E-state index < -0.39 is 0 Å². The van der Waals surface area contributed by atoms with Gasteiger partial charge in [0.05, 0.1) is 10.7 Å². The van der Waals surface area contributed by atoms with Crippen molar-refractivity contribution < 1.29 is 4.79 Å². The van der Waals surface area contributed by atoms with Gasteiger partial charge in [0.2, 0.25) is 5.91 Å². The summed E-state index contributed by atoms with van der Waals surface area (Å²) in [6.45, 7) is 3.98. The Morgan fingerprint density at radius 3 is 3.11 bits per heavy atom. The number of rotatable bonds is 5. The summed E-state index contributed by atoms with van der Waals surface area (Å²) in [6.07, 6.45) is 3.51. The monoisotopic (exact) mass is 267 g/mol. The van der Waals surface area contributed by atoms with E-state index in [0.717, 1.165) is 43.1 Å². The normalized spacial score (nSPS) is 19.1. The van der Waals surface area contributed by atoms with E-state index in [1.54, 1.807) is 11.3 Å². The van der Waals surface area contributed by atoms with E-state index in [0.29, 0.717) is 12.5 Å². The van der Waals surface area contributed by atoms with Gasteiger partial charge >= 0.3 is 0 Å². The number of hydrogen-bond acceptors (Lipinski definition) is 4. The first-order chi connectivity index (χ1) is 8.66. The van der Waals surface area contributed by atoms with Crippen molar-refractivity contribution in [2.75, 3.05) is 20.1 Å². The molecule has 0 aliphatic carbocycles. The lowest BCUT2D eigenvalue weighted by molar-refractivity contribution is -0.131. The van der Waals surface area contributed by atoms with E-state index in [2.05, 4.69) is 15.7 Å². The molecule has 1 aliphatic rings. The van der Waals surface area contributed by atoms with Crippen molar-refractivity contribution in [3.05, 3.63) is 16.1 Å². The fraction of sp³-hybridized carbons (Fsp3) is 0.692. The molecule has 18 heavy (non-hydrogen) atoms. The first-order valence-electron chi connectivity index (χ1n) is 6.54. The van der Waals surface area contributed by atoms with Crippen molar-refractivity contribution in [1.82, 2.24) is 15.2 Å². The maximum Gasteiger partial charge on any atom is 0.222 e. The van der Waals surface area contributed by atoms with Gasteiger partial charge in [-0.25, -0.2) is 4.98 Å². The Labute approximate surface area is 112 Å². The molecule has 1 atom stereocenters. The van der Waals surface area contributed by atoms with E-state index in [1.807, 2.05) is 18.9 Å². The molecular formula is C13H21N3OS. The van der Waals surface area contributed by atoms with Gasteiger partial charge in [0, 0.05) is 31.4 Å². The molecule has 0 radical (unpaired) electrons. The van der Waals surface area contributed by atoms with Crippen LogP contribution in [0.3, 0.4) is 0 Å². The Bertz CT molecular complexity index is 399. The summed E-state index contributed by atoms with van der Waals surface area (Å²) in [6, 6.07) is 0.388. The van der Waals surface area contributed by atoms with E-state index >= 15 is 0 Å². The number of aryl methyl sites for hydroxylation is 2. The molecule has 5 heteroatoms. The Hall–Kier alpha value is -0.940. The topological polar surface area (TPSA) is 45.2 Å². The second-order valence-electron chi connectivity index (χ2n) is 4.86. The number of likely N-dealkylation sites (N-methyl/N-ethyl adjacent to an activating group) is 1. The van der Waals surface area contributed by atoms with Gasteiger partial charge in [0.25, 0.3) is 0 Å². The van der Waals surface area contributed by atoms with Crippen LogP contribution in [-0.4, -0.2) is 42.0 Å². The minimum Gasteiger partial charge on any atom is -0.341 e. The molecule has 1 unspecified atom stereocenters. The number of carbonyl (C=O) groups excluding carboxylic acids is 1. The third-order valence-corrected chi connectivity index (χ3v) is 4.29. The average molecular weight is 267 g/mol. The summed E-state index contributed by atoms with van der Waals surface area (Å²) < 4.78 is 0. The Kier molecular flexibility index (Phi) is 4.72. The highest BCUT2D eigenvalue weighted by Crippen LogP contribution is 2.12. The molecule has 1 saturated heterocycles. The highest BCUT2D eigenvalue weighted by atomic mass is 32.1. The summed E-state index contributed by atoms with van der Waals surface area (Å²) in [7, 11) is 1.92. The number of hydrogen-bond donors (Lipinski definition) is 1. The summed E-state index contributed by atoms with van der Waals surface area (Å²) in [5, 5.41) is 6.48. The highest BCUT2D eigenvalue weighted by molar-refractivity contribution is 7.09. The van der Waals surface area contributed by atoms with Crippen LogP contribution in [0.4, 0.5) is 0 Å². The van der Waals surface area contributed by atoms with Crippen LogP contribution in [0, 0.1) is 6.92 Å². The molecule has 1 aromatic rings. The minimum atomic E-state index is 0.260. The zero-order valence-corrected chi connectivity index (χ0v) is 11.9. The molecule has 1 aliphatic heterocycles. The van der Waals surface area contributed by atoms with Gasteiger partial charge in [-0.1, -0.05) is 0 Å². The summed E-state index contributed by atoms with van der Waals surface area (Å²) in [5.74, 6) is 0.260. The quantitative estimate of drug-likeness (QED) is 0.881. The SMILES string of the molecule is Cc1nc(CCCC(=O)N(C)C2CCNC2)cs1. The first-order valence-corrected chi connectivity index (χ1v) is 7.42. The van der Waals surface area contributed by atoms with Gasteiger partial charge in [-0.2, -0.15) is 0 Å². The lowest BCUT2D eigenvalue weighted by atomic mass is 10.1. The molecule has 2 rings (SSSR count). The molecule has 1 fully saturated rings. The lowest BCUT2D eigenvalue weighted by Crippen LogP contribution is -2.38. The van der Waals surface area contributed by atoms with Crippen molar-refractivity contribution >= 4 is 17.2 Å². The maximum atomic E-state index is 12.0. The molecule has 0 bridgehead atoms. The number of nitrogens with one attached hydrogen (secondary N) is 1. The van der Waals surface area contributed by atoms with Crippen LogP contribution < -0.4 is 5.32 Å². The predicted octanol–water partition coefficient (Wildman–Crippen LogP) is 1.59. The van der Waals surface area contributed by atoms with Gasteiger partial charge in [0.1, 0.15) is 0 Å². The maximum absolute atomic E-state index is 12.0. The van der Waals surface area contributed by atoms with Crippen molar-refractivity contribution in [1.29, 1.82) is 0 Å². The van der Waals surface area contributed by atoms with Crippen LogP contribution in [0.25, 0.3) is 0 Å². The summed E-state index contributed by atoms with van der Waals surface area (Å²) in [5.41, 5.74) is 1.12. The number of carbonyl (C=O) groups is 1. The smallest absolute Gasteiger partial charge is 0.222 e. The van der Waals surface area contributed by atoms with Crippen LogP contribution in [0.2, 0.25) is 0 Å². The van der Waals surface area contributed by atoms with Crippen LogP contribution in [0.15, 0.2) is 5.38 Å². The number of aromatic nitrogens is 1. The second kappa shape index (κ2) is 6.29. The second-order valence-corrected chi connectivity index (χ2v) is 5.92. The summed E-state index contributed by atoms with van der Waals surface area (Å²) in [4.78, 5) is 18.3. The minimum absolute atomic E-state index is 0.260. The van der Waals surface area contributed by atoms with Crippen LogP contribution in [0.5, 0.6) is 0 Å².